The average Bonchev–Trinajstić information content (AvgIpc) is 3.38. The number of carbonyl (C=O) groups is 4. The lowest BCUT2D eigenvalue weighted by Crippen LogP contribution is -2.66. The van der Waals surface area contributed by atoms with E-state index in [-0.39, 0.29) is 40.8 Å². The minimum Gasteiger partial charge on any atom is -0.399 e. The van der Waals surface area contributed by atoms with E-state index in [1.54, 1.807) is 0 Å². The molecule has 9 nitrogen and oxygen atoms in total. The highest BCUT2D eigenvalue weighted by Gasteiger charge is 2.64. The molecule has 1 unspecified atom stereocenters. The molecule has 3 fully saturated rings. The number of unbranched alkanes of at least 4 members (excludes halogenated alkanes) is 1. The molecule has 2 aliphatic heterocycles. The Balaban J connectivity index is 1.11. The maximum absolute atomic E-state index is 13.7. The van der Waals surface area contributed by atoms with Crippen LogP contribution in [0.4, 0.5) is 10.5 Å². The van der Waals surface area contributed by atoms with Gasteiger partial charge in [0.2, 0.25) is 17.7 Å². The Morgan fingerprint density at radius 1 is 0.902 bits per heavy atom. The van der Waals surface area contributed by atoms with Crippen molar-refractivity contribution in [2.24, 2.45) is 5.41 Å². The Morgan fingerprint density at radius 3 is 2.08 bits per heavy atom. The van der Waals surface area contributed by atoms with Gasteiger partial charge in [0, 0.05) is 12.6 Å². The number of fused-ring (bicyclic) bond motifs is 2. The summed E-state index contributed by atoms with van der Waals surface area (Å²) in [6.07, 6.45) is 5.36. The second kappa shape index (κ2) is 13.1. The third-order valence-electron chi connectivity index (χ3n) is 12.0. The van der Waals surface area contributed by atoms with Gasteiger partial charge in [-0.1, -0.05) is 94.8 Å². The first-order chi connectivity index (χ1) is 24.3. The molecular weight excluding hydrogens is 657 g/mol. The van der Waals surface area contributed by atoms with E-state index in [1.807, 2.05) is 31.2 Å². The smallest absolute Gasteiger partial charge is 0.333 e. The lowest BCUT2D eigenvalue weighted by molar-refractivity contribution is -0.145. The first kappa shape index (κ1) is 35.3. The molecule has 7 rings (SSSR count). The van der Waals surface area contributed by atoms with Crippen molar-refractivity contribution in [3.63, 3.8) is 0 Å². The van der Waals surface area contributed by atoms with E-state index in [0.29, 0.717) is 32.2 Å². The molecule has 2 saturated carbocycles. The van der Waals surface area contributed by atoms with E-state index in [4.69, 9.17) is 9.41 Å². The summed E-state index contributed by atoms with van der Waals surface area (Å²) >= 11 is 0. The number of anilines is 1. The standard InChI is InChI=1S/C41H50N4O5Si/c1-6-7-24-44-34(46)25-35(47)45(38(44)49)29-20-22-40(23-21-29)26-41(27-40)36-33(43-37(41)48)19-18-32(42-36)28(2)50-51(39(3,4)5,30-14-10-8-11-15-30)31-16-12-9-13-17-31/h8-19,28-29H,6-7,20-27H2,1-5H3,(H,43,48). The Hall–Kier alpha value is -4.15. The molecular formula is C41H50N4O5Si. The van der Waals surface area contributed by atoms with Gasteiger partial charge >= 0.3 is 6.03 Å². The summed E-state index contributed by atoms with van der Waals surface area (Å²) in [5.41, 5.74) is 1.64. The van der Waals surface area contributed by atoms with Gasteiger partial charge in [0.05, 0.1) is 28.6 Å². The summed E-state index contributed by atoms with van der Waals surface area (Å²) in [5.74, 6) is -0.784. The number of barbiturate groups is 1. The second-order valence-electron chi connectivity index (χ2n) is 16.3. The minimum absolute atomic E-state index is 0.00178. The first-order valence-electron chi connectivity index (χ1n) is 18.6. The molecule has 2 spiro atoms. The number of imide groups is 2. The molecule has 1 aromatic heterocycles. The van der Waals surface area contributed by atoms with Crippen molar-refractivity contribution in [2.45, 2.75) is 115 Å². The second-order valence-corrected chi connectivity index (χ2v) is 20.6. The Labute approximate surface area is 302 Å². The fourth-order valence-electron chi connectivity index (χ4n) is 9.47. The molecule has 1 atom stereocenters. The van der Waals surface area contributed by atoms with Crippen molar-refractivity contribution in [3.8, 4) is 0 Å². The fourth-order valence-corrected chi connectivity index (χ4v) is 14.1. The van der Waals surface area contributed by atoms with Crippen LogP contribution in [0.25, 0.3) is 0 Å². The SMILES string of the molecule is CCCCN1C(=O)CC(=O)N(C2CCC3(CC2)CC2(C3)C(=O)Nc3ccc(C(C)O[Si](c4ccccc4)(c4ccccc4)C(C)(C)C)nc32)C1=O. The van der Waals surface area contributed by atoms with Gasteiger partial charge in [0.15, 0.2) is 0 Å². The molecule has 51 heavy (non-hydrogen) atoms. The molecule has 4 aliphatic rings. The zero-order chi connectivity index (χ0) is 36.2. The number of amides is 5. The molecule has 2 aromatic carbocycles. The monoisotopic (exact) mass is 706 g/mol. The van der Waals surface area contributed by atoms with Gasteiger partial charge in [-0.25, -0.2) is 4.79 Å². The number of hydrogen-bond acceptors (Lipinski definition) is 6. The summed E-state index contributed by atoms with van der Waals surface area (Å²) in [6, 6.07) is 24.4. The Kier molecular flexibility index (Phi) is 9.07. The van der Waals surface area contributed by atoms with Crippen LogP contribution in [0, 0.1) is 5.41 Å². The van der Waals surface area contributed by atoms with Gasteiger partial charge in [0.25, 0.3) is 8.32 Å². The number of pyridine rings is 1. The summed E-state index contributed by atoms with van der Waals surface area (Å²) in [6.45, 7) is 11.2. The van der Waals surface area contributed by atoms with Crippen molar-refractivity contribution in [2.75, 3.05) is 11.9 Å². The lowest BCUT2D eigenvalue weighted by atomic mass is 9.47. The molecule has 0 radical (unpaired) electrons. The minimum atomic E-state index is -2.84. The number of carbonyl (C=O) groups excluding carboxylic acids is 4. The number of hydrogen-bond donors (Lipinski definition) is 1. The molecule has 5 amide bonds. The van der Waals surface area contributed by atoms with Crippen LogP contribution >= 0.6 is 0 Å². The highest BCUT2D eigenvalue weighted by Crippen LogP contribution is 2.64. The Morgan fingerprint density at radius 2 is 1.51 bits per heavy atom. The summed E-state index contributed by atoms with van der Waals surface area (Å²) in [4.78, 5) is 60.3. The molecule has 1 saturated heterocycles. The molecule has 268 valence electrons. The maximum Gasteiger partial charge on any atom is 0.333 e. The predicted molar refractivity (Wildman–Crippen MR) is 199 cm³/mol. The summed E-state index contributed by atoms with van der Waals surface area (Å²) in [7, 11) is -2.84. The highest BCUT2D eigenvalue weighted by atomic mass is 28.4. The van der Waals surface area contributed by atoms with E-state index in [2.05, 4.69) is 81.5 Å². The molecule has 2 aliphatic carbocycles. The quantitative estimate of drug-likeness (QED) is 0.198. The molecule has 0 bridgehead atoms. The Bertz CT molecular complexity index is 1790. The van der Waals surface area contributed by atoms with Crippen molar-refractivity contribution < 1.29 is 23.6 Å². The van der Waals surface area contributed by atoms with Crippen LogP contribution in [0.1, 0.15) is 110 Å². The van der Waals surface area contributed by atoms with Gasteiger partial charge in [-0.2, -0.15) is 0 Å². The summed E-state index contributed by atoms with van der Waals surface area (Å²) in [5, 5.41) is 5.35. The van der Waals surface area contributed by atoms with Crippen LogP contribution in [0.15, 0.2) is 72.8 Å². The lowest BCUT2D eigenvalue weighted by Gasteiger charge is -2.56. The van der Waals surface area contributed by atoms with Gasteiger partial charge < -0.3 is 9.74 Å². The zero-order valence-corrected chi connectivity index (χ0v) is 31.5. The van der Waals surface area contributed by atoms with E-state index in [9.17, 15) is 19.2 Å². The molecule has 3 aromatic rings. The predicted octanol–water partition coefficient (Wildman–Crippen LogP) is 6.61. The number of aromatic nitrogens is 1. The van der Waals surface area contributed by atoms with E-state index >= 15 is 0 Å². The largest absolute Gasteiger partial charge is 0.399 e. The first-order valence-corrected chi connectivity index (χ1v) is 20.5. The van der Waals surface area contributed by atoms with E-state index < -0.39 is 25.7 Å². The number of urea groups is 1. The average molecular weight is 707 g/mol. The molecule has 1 N–H and O–H groups in total. The topological polar surface area (TPSA) is 109 Å². The fraction of sp³-hybridized carbons (Fsp3) is 0.488. The van der Waals surface area contributed by atoms with Crippen LogP contribution < -0.4 is 15.7 Å². The molecule has 3 heterocycles. The number of rotatable bonds is 9. The van der Waals surface area contributed by atoms with Crippen LogP contribution in [0.2, 0.25) is 5.04 Å². The van der Waals surface area contributed by atoms with Crippen molar-refractivity contribution in [3.05, 3.63) is 84.2 Å². The van der Waals surface area contributed by atoms with Crippen LogP contribution in [-0.2, 0) is 24.2 Å². The van der Waals surface area contributed by atoms with E-state index in [0.717, 1.165) is 42.8 Å². The van der Waals surface area contributed by atoms with Crippen LogP contribution in [-0.4, -0.2) is 59.4 Å². The van der Waals surface area contributed by atoms with Crippen LogP contribution in [0.5, 0.6) is 0 Å². The van der Waals surface area contributed by atoms with Gasteiger partial charge in [-0.3, -0.25) is 29.2 Å². The molecule has 10 heteroatoms. The maximum atomic E-state index is 13.7. The normalized spacial score (nSPS) is 25.6. The third kappa shape index (κ3) is 5.84. The van der Waals surface area contributed by atoms with Crippen LogP contribution in [0.3, 0.4) is 0 Å². The van der Waals surface area contributed by atoms with Crippen molar-refractivity contribution in [1.29, 1.82) is 0 Å². The number of nitrogens with zero attached hydrogens (tertiary/aromatic N) is 3. The van der Waals surface area contributed by atoms with Gasteiger partial charge in [-0.05, 0) is 84.8 Å². The van der Waals surface area contributed by atoms with Gasteiger partial charge in [0.1, 0.15) is 6.42 Å². The van der Waals surface area contributed by atoms with Gasteiger partial charge in [-0.15, -0.1) is 0 Å². The number of nitrogens with one attached hydrogen (secondary N) is 1. The van der Waals surface area contributed by atoms with E-state index in [1.165, 1.54) is 20.2 Å². The number of benzene rings is 2. The highest BCUT2D eigenvalue weighted by molar-refractivity contribution is 6.99. The van der Waals surface area contributed by atoms with Crippen molar-refractivity contribution in [1.82, 2.24) is 14.8 Å². The summed E-state index contributed by atoms with van der Waals surface area (Å²) < 4.78 is 7.39. The third-order valence-corrected chi connectivity index (χ3v) is 17.1. The zero-order valence-electron chi connectivity index (χ0n) is 30.5. The van der Waals surface area contributed by atoms with Crippen molar-refractivity contribution >= 4 is 48.1 Å².